The van der Waals surface area contributed by atoms with Crippen LogP contribution in [0.5, 0.6) is 0 Å². The van der Waals surface area contributed by atoms with Gasteiger partial charge in [0, 0.05) is 16.7 Å². The number of hydrogen-bond donors (Lipinski definition) is 0. The predicted octanol–water partition coefficient (Wildman–Crippen LogP) is 4.17. The Kier molecular flexibility index (Phi) is 5.04. The molecule has 0 heterocycles. The molecule has 134 valence electrons. The standard InChI is InChI=1S/C19H16ClNO5/c1-11(18(22)14-6-5-12-3-2-4-13(12)9-14)26-19(23)16-8-7-15(20)10-17(16)21(24)25/h5-11H,2-4H2,1H3. The summed E-state index contributed by atoms with van der Waals surface area (Å²) in [5.41, 5.74) is 2.15. The van der Waals surface area contributed by atoms with Gasteiger partial charge in [-0.2, -0.15) is 0 Å². The number of benzene rings is 2. The summed E-state index contributed by atoms with van der Waals surface area (Å²) in [7, 11) is 0. The summed E-state index contributed by atoms with van der Waals surface area (Å²) in [5.74, 6) is -1.28. The maximum atomic E-state index is 12.6. The number of carbonyl (C=O) groups is 2. The van der Waals surface area contributed by atoms with E-state index in [1.807, 2.05) is 12.1 Å². The minimum Gasteiger partial charge on any atom is -0.450 e. The molecule has 0 aliphatic heterocycles. The van der Waals surface area contributed by atoms with Gasteiger partial charge in [-0.1, -0.05) is 23.7 Å². The number of aryl methyl sites for hydroxylation is 2. The van der Waals surface area contributed by atoms with Gasteiger partial charge in [-0.05, 0) is 55.5 Å². The fourth-order valence-corrected chi connectivity index (χ4v) is 3.23. The molecule has 0 fully saturated rings. The number of Topliss-reactive ketones (excluding diaryl/α,β-unsaturated/α-hetero) is 1. The van der Waals surface area contributed by atoms with Crippen molar-refractivity contribution in [1.29, 1.82) is 0 Å². The van der Waals surface area contributed by atoms with Crippen molar-refractivity contribution in [3.63, 3.8) is 0 Å². The first-order valence-electron chi connectivity index (χ1n) is 8.18. The zero-order valence-electron chi connectivity index (χ0n) is 14.0. The number of rotatable bonds is 5. The predicted molar refractivity (Wildman–Crippen MR) is 95.8 cm³/mol. The van der Waals surface area contributed by atoms with Gasteiger partial charge < -0.3 is 4.74 Å². The third-order valence-corrected chi connectivity index (χ3v) is 4.65. The molecule has 6 nitrogen and oxygen atoms in total. The van der Waals surface area contributed by atoms with E-state index < -0.39 is 22.7 Å². The van der Waals surface area contributed by atoms with Crippen LogP contribution in [-0.4, -0.2) is 22.8 Å². The van der Waals surface area contributed by atoms with Gasteiger partial charge in [0.1, 0.15) is 5.56 Å². The molecule has 0 saturated heterocycles. The van der Waals surface area contributed by atoms with Crippen LogP contribution >= 0.6 is 11.6 Å². The monoisotopic (exact) mass is 373 g/mol. The van der Waals surface area contributed by atoms with Gasteiger partial charge in [-0.25, -0.2) is 4.79 Å². The second-order valence-electron chi connectivity index (χ2n) is 6.17. The quantitative estimate of drug-likeness (QED) is 0.340. The Hall–Kier alpha value is -2.73. The molecule has 1 aliphatic carbocycles. The summed E-state index contributed by atoms with van der Waals surface area (Å²) in [6, 6.07) is 9.13. The highest BCUT2D eigenvalue weighted by Crippen LogP contribution is 2.26. The van der Waals surface area contributed by atoms with Crippen LogP contribution < -0.4 is 0 Å². The van der Waals surface area contributed by atoms with Crippen LogP contribution in [0.2, 0.25) is 5.02 Å². The van der Waals surface area contributed by atoms with E-state index in [1.54, 1.807) is 6.07 Å². The Morgan fingerprint density at radius 1 is 1.15 bits per heavy atom. The first-order valence-corrected chi connectivity index (χ1v) is 8.55. The molecule has 0 spiro atoms. The molecule has 2 aromatic rings. The molecule has 0 bridgehead atoms. The molecular weight excluding hydrogens is 358 g/mol. The molecule has 2 aromatic carbocycles. The van der Waals surface area contributed by atoms with Crippen molar-refractivity contribution < 1.29 is 19.2 Å². The maximum Gasteiger partial charge on any atom is 0.345 e. The van der Waals surface area contributed by atoms with E-state index in [1.165, 1.54) is 24.6 Å². The molecule has 3 rings (SSSR count). The fourth-order valence-electron chi connectivity index (χ4n) is 3.07. The second kappa shape index (κ2) is 7.25. The zero-order valence-corrected chi connectivity index (χ0v) is 14.8. The number of esters is 1. The Bertz CT molecular complexity index is 909. The molecule has 26 heavy (non-hydrogen) atoms. The first-order chi connectivity index (χ1) is 12.4. The van der Waals surface area contributed by atoms with Crippen molar-refractivity contribution >= 4 is 29.0 Å². The third-order valence-electron chi connectivity index (χ3n) is 4.41. The van der Waals surface area contributed by atoms with Crippen molar-refractivity contribution in [3.05, 3.63) is 73.8 Å². The van der Waals surface area contributed by atoms with E-state index in [4.69, 9.17) is 16.3 Å². The Morgan fingerprint density at radius 3 is 2.62 bits per heavy atom. The van der Waals surface area contributed by atoms with Crippen molar-refractivity contribution in [2.75, 3.05) is 0 Å². The van der Waals surface area contributed by atoms with Crippen LogP contribution in [0.25, 0.3) is 0 Å². The summed E-state index contributed by atoms with van der Waals surface area (Å²) < 4.78 is 5.17. The Balaban J connectivity index is 1.77. The molecule has 1 unspecified atom stereocenters. The molecular formula is C19H16ClNO5. The lowest BCUT2D eigenvalue weighted by atomic mass is 10.0. The van der Waals surface area contributed by atoms with Gasteiger partial charge in [0.15, 0.2) is 6.10 Å². The number of ether oxygens (including phenoxy) is 1. The molecule has 7 heteroatoms. The Morgan fingerprint density at radius 2 is 1.88 bits per heavy atom. The van der Waals surface area contributed by atoms with Gasteiger partial charge in [0.2, 0.25) is 5.78 Å². The van der Waals surface area contributed by atoms with Crippen LogP contribution in [0.1, 0.15) is 45.2 Å². The highest BCUT2D eigenvalue weighted by molar-refractivity contribution is 6.31. The Labute approximate surface area is 154 Å². The van der Waals surface area contributed by atoms with Crippen molar-refractivity contribution in [2.24, 2.45) is 0 Å². The number of fused-ring (bicyclic) bond motifs is 1. The lowest BCUT2D eigenvalue weighted by molar-refractivity contribution is -0.385. The van der Waals surface area contributed by atoms with E-state index >= 15 is 0 Å². The number of nitro benzene ring substituents is 1. The van der Waals surface area contributed by atoms with Crippen LogP contribution in [0.3, 0.4) is 0 Å². The van der Waals surface area contributed by atoms with Crippen LogP contribution in [0.4, 0.5) is 5.69 Å². The number of nitro groups is 1. The average Bonchev–Trinajstić information content (AvgIpc) is 3.08. The molecule has 1 atom stereocenters. The van der Waals surface area contributed by atoms with Crippen LogP contribution in [-0.2, 0) is 17.6 Å². The first kappa shape index (κ1) is 18.1. The van der Waals surface area contributed by atoms with Gasteiger partial charge in [0.05, 0.1) is 4.92 Å². The minimum atomic E-state index is -1.06. The molecule has 0 saturated carbocycles. The topological polar surface area (TPSA) is 86.5 Å². The largest absolute Gasteiger partial charge is 0.450 e. The van der Waals surface area contributed by atoms with Crippen LogP contribution in [0, 0.1) is 10.1 Å². The number of halogens is 1. The van der Waals surface area contributed by atoms with E-state index in [0.717, 1.165) is 30.9 Å². The lowest BCUT2D eigenvalue weighted by Gasteiger charge is -2.13. The van der Waals surface area contributed by atoms with E-state index in [0.29, 0.717) is 5.56 Å². The zero-order chi connectivity index (χ0) is 18.8. The number of nitrogens with zero attached hydrogens (tertiary/aromatic N) is 1. The number of carbonyl (C=O) groups excluding carboxylic acids is 2. The smallest absolute Gasteiger partial charge is 0.345 e. The maximum absolute atomic E-state index is 12.6. The van der Waals surface area contributed by atoms with Crippen molar-refractivity contribution in [1.82, 2.24) is 0 Å². The summed E-state index contributed by atoms with van der Waals surface area (Å²) >= 11 is 5.74. The average molecular weight is 374 g/mol. The molecule has 0 radical (unpaired) electrons. The van der Waals surface area contributed by atoms with Crippen LogP contribution in [0.15, 0.2) is 36.4 Å². The van der Waals surface area contributed by atoms with E-state index in [-0.39, 0.29) is 16.4 Å². The van der Waals surface area contributed by atoms with Gasteiger partial charge in [-0.3, -0.25) is 14.9 Å². The summed E-state index contributed by atoms with van der Waals surface area (Å²) in [6.45, 7) is 1.45. The highest BCUT2D eigenvalue weighted by atomic mass is 35.5. The molecule has 0 N–H and O–H groups in total. The summed E-state index contributed by atoms with van der Waals surface area (Å²) in [5, 5.41) is 11.2. The third kappa shape index (κ3) is 3.60. The highest BCUT2D eigenvalue weighted by Gasteiger charge is 2.26. The van der Waals surface area contributed by atoms with Crippen molar-refractivity contribution in [3.8, 4) is 0 Å². The fraction of sp³-hybridized carbons (Fsp3) is 0.263. The molecule has 0 aromatic heterocycles. The van der Waals surface area contributed by atoms with Gasteiger partial charge in [0.25, 0.3) is 5.69 Å². The molecule has 1 aliphatic rings. The number of hydrogen-bond acceptors (Lipinski definition) is 5. The minimum absolute atomic E-state index is 0.135. The van der Waals surface area contributed by atoms with E-state index in [2.05, 4.69) is 0 Å². The summed E-state index contributed by atoms with van der Waals surface area (Å²) in [4.78, 5) is 35.2. The van der Waals surface area contributed by atoms with Crippen molar-refractivity contribution in [2.45, 2.75) is 32.3 Å². The van der Waals surface area contributed by atoms with E-state index in [9.17, 15) is 19.7 Å². The normalized spacial score (nSPS) is 13.8. The summed E-state index contributed by atoms with van der Waals surface area (Å²) in [6.07, 6.45) is 1.95. The van der Waals surface area contributed by atoms with Gasteiger partial charge in [-0.15, -0.1) is 0 Å². The SMILES string of the molecule is CC(OC(=O)c1ccc(Cl)cc1[N+](=O)[O-])C(=O)c1ccc2c(c1)CCC2. The number of ketones is 1. The lowest BCUT2D eigenvalue weighted by Crippen LogP contribution is -2.25. The van der Waals surface area contributed by atoms with Gasteiger partial charge >= 0.3 is 5.97 Å². The molecule has 0 amide bonds. The second-order valence-corrected chi connectivity index (χ2v) is 6.60.